The minimum absolute atomic E-state index is 0.460. The summed E-state index contributed by atoms with van der Waals surface area (Å²) in [6.07, 6.45) is 3.98. The van der Waals surface area contributed by atoms with Gasteiger partial charge < -0.3 is 0 Å². The van der Waals surface area contributed by atoms with Gasteiger partial charge in [0.15, 0.2) is 0 Å². The number of hydrogen-bond donors (Lipinski definition) is 0. The zero-order valence-electron chi connectivity index (χ0n) is 8.05. The maximum atomic E-state index is 6.16. The molecule has 12 heavy (non-hydrogen) atoms. The average Bonchev–Trinajstić information content (AvgIpc) is 2.36. The predicted octanol–water partition coefficient (Wildman–Crippen LogP) is 3.78. The van der Waals surface area contributed by atoms with Crippen LogP contribution in [-0.2, 0) is 0 Å². The van der Waals surface area contributed by atoms with Gasteiger partial charge in [-0.15, -0.1) is 11.6 Å². The molecule has 0 aliphatic heterocycles. The van der Waals surface area contributed by atoms with Gasteiger partial charge in [0.25, 0.3) is 0 Å². The highest BCUT2D eigenvalue weighted by Crippen LogP contribution is 2.37. The molecule has 0 amide bonds. The highest BCUT2D eigenvalue weighted by atomic mass is 35.5. The Kier molecular flexibility index (Phi) is 4.81. The molecule has 0 bridgehead atoms. The predicted molar refractivity (Wildman–Crippen MR) is 59.1 cm³/mol. The normalized spacial score (nSPS) is 35.8. The molecule has 0 aromatic rings. The molecule has 0 nitrogen and oxygen atoms in total. The van der Waals surface area contributed by atoms with Gasteiger partial charge in [-0.2, -0.15) is 11.8 Å². The molecular weight excluding hydrogens is 188 g/mol. The first kappa shape index (κ1) is 10.7. The second-order valence-corrected chi connectivity index (χ2v) is 5.65. The molecule has 0 heterocycles. The fourth-order valence-electron chi connectivity index (χ4n) is 1.98. The van der Waals surface area contributed by atoms with Crippen LogP contribution < -0.4 is 0 Å². The van der Waals surface area contributed by atoms with Gasteiger partial charge in [0.1, 0.15) is 0 Å². The van der Waals surface area contributed by atoms with Crippen molar-refractivity contribution in [1.82, 2.24) is 0 Å². The monoisotopic (exact) mass is 206 g/mol. The van der Waals surface area contributed by atoms with Crippen LogP contribution in [0.2, 0.25) is 0 Å². The van der Waals surface area contributed by atoms with Crippen molar-refractivity contribution >= 4 is 23.4 Å². The maximum absolute atomic E-state index is 6.16. The molecule has 0 aromatic carbocycles. The van der Waals surface area contributed by atoms with Crippen molar-refractivity contribution in [2.45, 2.75) is 38.5 Å². The highest BCUT2D eigenvalue weighted by Gasteiger charge is 2.30. The van der Waals surface area contributed by atoms with Crippen molar-refractivity contribution in [2.75, 3.05) is 11.5 Å². The summed E-state index contributed by atoms with van der Waals surface area (Å²) in [5.74, 6) is 4.25. The Morgan fingerprint density at radius 1 is 1.42 bits per heavy atom. The first-order valence-electron chi connectivity index (χ1n) is 4.97. The van der Waals surface area contributed by atoms with Crippen molar-refractivity contribution in [2.24, 2.45) is 11.8 Å². The fraction of sp³-hybridized carbons (Fsp3) is 1.00. The molecule has 0 N–H and O–H groups in total. The molecule has 1 fully saturated rings. The van der Waals surface area contributed by atoms with Gasteiger partial charge in [-0.1, -0.05) is 13.8 Å². The second kappa shape index (κ2) is 5.39. The van der Waals surface area contributed by atoms with E-state index in [1.807, 2.05) is 0 Å². The summed E-state index contributed by atoms with van der Waals surface area (Å²) in [7, 11) is 0. The van der Waals surface area contributed by atoms with Gasteiger partial charge in [0.05, 0.1) is 0 Å². The van der Waals surface area contributed by atoms with E-state index >= 15 is 0 Å². The van der Waals surface area contributed by atoms with Gasteiger partial charge in [-0.25, -0.2) is 0 Å². The Labute approximate surface area is 85.4 Å². The largest absolute Gasteiger partial charge is 0.162 e. The first-order chi connectivity index (χ1) is 5.75. The summed E-state index contributed by atoms with van der Waals surface area (Å²) < 4.78 is 0. The molecule has 1 rings (SSSR count). The Hall–Kier alpha value is 0.640. The van der Waals surface area contributed by atoms with Gasteiger partial charge >= 0.3 is 0 Å². The van der Waals surface area contributed by atoms with Crippen LogP contribution in [0.1, 0.15) is 33.1 Å². The van der Waals surface area contributed by atoms with E-state index in [0.29, 0.717) is 5.38 Å². The van der Waals surface area contributed by atoms with E-state index in [9.17, 15) is 0 Å². The van der Waals surface area contributed by atoms with Crippen LogP contribution in [0.3, 0.4) is 0 Å². The average molecular weight is 207 g/mol. The summed E-state index contributed by atoms with van der Waals surface area (Å²) in [5, 5.41) is 0.460. The third-order valence-corrected chi connectivity index (χ3v) is 4.51. The zero-order valence-corrected chi connectivity index (χ0v) is 9.63. The molecule has 1 saturated carbocycles. The molecule has 2 heteroatoms. The summed E-state index contributed by atoms with van der Waals surface area (Å²) in [6.45, 7) is 4.54. The van der Waals surface area contributed by atoms with Crippen LogP contribution >= 0.6 is 23.4 Å². The molecule has 0 radical (unpaired) electrons. The molecule has 3 unspecified atom stereocenters. The van der Waals surface area contributed by atoms with Crippen LogP contribution in [-0.4, -0.2) is 16.9 Å². The molecule has 0 saturated heterocycles. The van der Waals surface area contributed by atoms with Crippen LogP contribution in [0, 0.1) is 11.8 Å². The van der Waals surface area contributed by atoms with Gasteiger partial charge in [-0.3, -0.25) is 0 Å². The fourth-order valence-corrected chi connectivity index (χ4v) is 3.07. The molecule has 0 aromatic heterocycles. The quantitative estimate of drug-likeness (QED) is 0.499. The standard InChI is InChI=1S/C10H19ClS/c1-3-12-7-6-9-4-5-10(11)8(9)2/h8-10H,3-7H2,1-2H3. The Morgan fingerprint density at radius 2 is 2.17 bits per heavy atom. The third-order valence-electron chi connectivity index (χ3n) is 2.96. The highest BCUT2D eigenvalue weighted by molar-refractivity contribution is 7.99. The number of hydrogen-bond acceptors (Lipinski definition) is 1. The lowest BCUT2D eigenvalue weighted by molar-refractivity contribution is 0.412. The smallest absolute Gasteiger partial charge is 0.0364 e. The van der Waals surface area contributed by atoms with Crippen LogP contribution in [0.15, 0.2) is 0 Å². The number of alkyl halides is 1. The van der Waals surface area contributed by atoms with Gasteiger partial charge in [-0.05, 0) is 42.6 Å². The van der Waals surface area contributed by atoms with E-state index in [1.54, 1.807) is 0 Å². The Balaban J connectivity index is 2.16. The summed E-state index contributed by atoms with van der Waals surface area (Å²) >= 11 is 8.22. The van der Waals surface area contributed by atoms with Crippen LogP contribution in [0.4, 0.5) is 0 Å². The lowest BCUT2D eigenvalue weighted by atomic mass is 9.95. The number of halogens is 1. The molecule has 72 valence electrons. The molecular formula is C10H19ClS. The SMILES string of the molecule is CCSCCC1CCC(Cl)C1C. The zero-order chi connectivity index (χ0) is 8.97. The number of thioether (sulfide) groups is 1. The summed E-state index contributed by atoms with van der Waals surface area (Å²) in [6, 6.07) is 0. The first-order valence-corrected chi connectivity index (χ1v) is 6.56. The van der Waals surface area contributed by atoms with Crippen molar-refractivity contribution in [1.29, 1.82) is 0 Å². The topological polar surface area (TPSA) is 0 Å². The third kappa shape index (κ3) is 2.85. The van der Waals surface area contributed by atoms with Crippen molar-refractivity contribution in [3.05, 3.63) is 0 Å². The van der Waals surface area contributed by atoms with Gasteiger partial charge in [0, 0.05) is 5.38 Å². The lowest BCUT2D eigenvalue weighted by Crippen LogP contribution is -2.11. The van der Waals surface area contributed by atoms with E-state index in [1.165, 1.54) is 30.8 Å². The van der Waals surface area contributed by atoms with E-state index < -0.39 is 0 Å². The minimum atomic E-state index is 0.460. The lowest BCUT2D eigenvalue weighted by Gasteiger charge is -2.16. The maximum Gasteiger partial charge on any atom is 0.0364 e. The van der Waals surface area contributed by atoms with Crippen LogP contribution in [0.25, 0.3) is 0 Å². The van der Waals surface area contributed by atoms with Crippen molar-refractivity contribution in [3.8, 4) is 0 Å². The van der Waals surface area contributed by atoms with Crippen molar-refractivity contribution < 1.29 is 0 Å². The van der Waals surface area contributed by atoms with E-state index in [0.717, 1.165) is 11.8 Å². The van der Waals surface area contributed by atoms with E-state index in [2.05, 4.69) is 25.6 Å². The molecule has 0 spiro atoms. The Morgan fingerprint density at radius 3 is 2.67 bits per heavy atom. The van der Waals surface area contributed by atoms with E-state index in [-0.39, 0.29) is 0 Å². The number of rotatable bonds is 4. The van der Waals surface area contributed by atoms with Crippen LogP contribution in [0.5, 0.6) is 0 Å². The molecule has 1 aliphatic rings. The second-order valence-electron chi connectivity index (χ2n) is 3.70. The van der Waals surface area contributed by atoms with Gasteiger partial charge in [0.2, 0.25) is 0 Å². The van der Waals surface area contributed by atoms with E-state index in [4.69, 9.17) is 11.6 Å². The molecule has 3 atom stereocenters. The van der Waals surface area contributed by atoms with Crippen molar-refractivity contribution in [3.63, 3.8) is 0 Å². The summed E-state index contributed by atoms with van der Waals surface area (Å²) in [5.41, 5.74) is 0. The Bertz CT molecular complexity index is 127. The molecule has 1 aliphatic carbocycles. The summed E-state index contributed by atoms with van der Waals surface area (Å²) in [4.78, 5) is 0. The minimum Gasteiger partial charge on any atom is -0.162 e.